The summed E-state index contributed by atoms with van der Waals surface area (Å²) in [5.74, 6) is -6.36. The van der Waals surface area contributed by atoms with Crippen LogP contribution in [-0.4, -0.2) is 47.8 Å². The first-order valence-corrected chi connectivity index (χ1v) is 19.3. The molecular weight excluding hydrogens is 752 g/mol. The molecule has 2 amide bonds. The predicted molar refractivity (Wildman–Crippen MR) is 185 cm³/mol. The molecule has 16 heteroatoms. The molecule has 0 saturated carbocycles. The molecular formula is C38H66KN2Na3O10. The SMILES string of the molecule is CCCCCCCCCCCCCC(=O)N[C@@H](CCC(=O)[O-])C(=O)[O-].CCCCCCCCCCCCCC(=O)N[C@@H](CCC(=O)[O-])C(=O)[O-].[K+].[Na+].[Na+].[Na+]. The van der Waals surface area contributed by atoms with Gasteiger partial charge in [-0.3, -0.25) is 9.59 Å². The molecule has 0 aliphatic carbocycles. The summed E-state index contributed by atoms with van der Waals surface area (Å²) in [7, 11) is 0. The van der Waals surface area contributed by atoms with E-state index in [1.54, 1.807) is 0 Å². The van der Waals surface area contributed by atoms with E-state index in [-0.39, 0.29) is 178 Å². The minimum Gasteiger partial charge on any atom is -0.550 e. The van der Waals surface area contributed by atoms with Crippen molar-refractivity contribution in [1.82, 2.24) is 10.6 Å². The minimum absolute atomic E-state index is 0. The summed E-state index contributed by atoms with van der Waals surface area (Å²) in [6.07, 6.45) is 25.2. The van der Waals surface area contributed by atoms with E-state index in [2.05, 4.69) is 24.5 Å². The van der Waals surface area contributed by atoms with E-state index < -0.39 is 48.8 Å². The van der Waals surface area contributed by atoms with Crippen LogP contribution in [0.2, 0.25) is 0 Å². The van der Waals surface area contributed by atoms with Crippen LogP contribution in [0.4, 0.5) is 0 Å². The van der Waals surface area contributed by atoms with Crippen molar-refractivity contribution in [2.75, 3.05) is 0 Å². The first kappa shape index (κ1) is 67.2. The maximum absolute atomic E-state index is 11.7. The van der Waals surface area contributed by atoms with Gasteiger partial charge in [-0.1, -0.05) is 142 Å². The van der Waals surface area contributed by atoms with Gasteiger partial charge in [0.25, 0.3) is 0 Å². The number of nitrogens with one attached hydrogen (secondary N) is 2. The summed E-state index contributed by atoms with van der Waals surface area (Å²) in [4.78, 5) is 65.9. The van der Waals surface area contributed by atoms with Crippen molar-refractivity contribution in [2.45, 2.75) is 206 Å². The molecule has 2 N–H and O–H groups in total. The van der Waals surface area contributed by atoms with Crippen molar-refractivity contribution in [2.24, 2.45) is 0 Å². The molecule has 0 aliphatic heterocycles. The van der Waals surface area contributed by atoms with Crippen molar-refractivity contribution in [3.63, 3.8) is 0 Å². The Labute approximate surface area is 435 Å². The molecule has 12 nitrogen and oxygen atoms in total. The van der Waals surface area contributed by atoms with Gasteiger partial charge in [-0.25, -0.2) is 0 Å². The average molecular weight is 819 g/mol. The van der Waals surface area contributed by atoms with Gasteiger partial charge in [-0.15, -0.1) is 0 Å². The zero-order valence-electron chi connectivity index (χ0n) is 35.0. The topological polar surface area (TPSA) is 219 Å². The number of carboxylic acid groups (broad SMARTS) is 4. The van der Waals surface area contributed by atoms with E-state index in [4.69, 9.17) is 0 Å². The molecule has 0 aromatic carbocycles. The normalized spacial score (nSPS) is 11.0. The average Bonchev–Trinajstić information content (AvgIpc) is 3.06. The van der Waals surface area contributed by atoms with E-state index in [0.717, 1.165) is 25.7 Å². The number of unbranched alkanes of at least 4 members (excludes halogenated alkanes) is 20. The number of carbonyl (C=O) groups excluding carboxylic acids is 6. The molecule has 0 bridgehead atoms. The number of carboxylic acids is 4. The molecule has 0 fully saturated rings. The Balaban J connectivity index is -0.000000199. The van der Waals surface area contributed by atoms with Crippen LogP contribution >= 0.6 is 0 Å². The smallest absolute Gasteiger partial charge is 0.550 e. The number of rotatable bonds is 34. The largest absolute Gasteiger partial charge is 1.00 e. The summed E-state index contributed by atoms with van der Waals surface area (Å²) in [5, 5.41) is 47.1. The molecule has 0 unspecified atom stereocenters. The van der Waals surface area contributed by atoms with Gasteiger partial charge in [0, 0.05) is 24.8 Å². The van der Waals surface area contributed by atoms with Crippen LogP contribution in [0.15, 0.2) is 0 Å². The Morgan fingerprint density at radius 1 is 0.389 bits per heavy atom. The minimum atomic E-state index is -1.46. The van der Waals surface area contributed by atoms with E-state index in [0.29, 0.717) is 12.8 Å². The van der Waals surface area contributed by atoms with E-state index in [9.17, 15) is 49.2 Å². The number of hydrogen-bond donors (Lipinski definition) is 2. The summed E-state index contributed by atoms with van der Waals surface area (Å²) < 4.78 is 0. The van der Waals surface area contributed by atoms with Crippen LogP contribution in [0.5, 0.6) is 0 Å². The monoisotopic (exact) mass is 818 g/mol. The second-order valence-corrected chi connectivity index (χ2v) is 13.3. The second kappa shape index (κ2) is 50.6. The van der Waals surface area contributed by atoms with Crippen LogP contribution < -0.4 is 171 Å². The third-order valence-corrected chi connectivity index (χ3v) is 8.53. The summed E-state index contributed by atoms with van der Waals surface area (Å²) in [5.41, 5.74) is 0. The van der Waals surface area contributed by atoms with Crippen LogP contribution in [-0.2, 0) is 28.8 Å². The van der Waals surface area contributed by atoms with Gasteiger partial charge in [-0.05, 0) is 38.5 Å². The molecule has 0 aliphatic rings. The Kier molecular flexibility index (Phi) is 63.0. The van der Waals surface area contributed by atoms with Gasteiger partial charge in [0.1, 0.15) is 0 Å². The van der Waals surface area contributed by atoms with E-state index in [1.807, 2.05) is 0 Å². The van der Waals surface area contributed by atoms with Crippen molar-refractivity contribution in [3.8, 4) is 0 Å². The molecule has 2 atom stereocenters. The molecule has 0 aromatic rings. The molecule has 292 valence electrons. The Hall–Kier alpha value is 1.46. The zero-order chi connectivity index (χ0) is 37.8. The fraction of sp³-hybridized carbons (Fsp3) is 0.842. The number of amides is 2. The van der Waals surface area contributed by atoms with Crippen molar-refractivity contribution >= 4 is 35.7 Å². The van der Waals surface area contributed by atoms with Crippen molar-refractivity contribution < 1.29 is 189 Å². The van der Waals surface area contributed by atoms with Gasteiger partial charge in [0.05, 0.1) is 24.0 Å². The second-order valence-electron chi connectivity index (χ2n) is 13.3. The first-order chi connectivity index (χ1) is 23.9. The van der Waals surface area contributed by atoms with Crippen molar-refractivity contribution in [1.29, 1.82) is 0 Å². The maximum atomic E-state index is 11.7. The Morgan fingerprint density at radius 3 is 0.815 bits per heavy atom. The van der Waals surface area contributed by atoms with E-state index in [1.165, 1.54) is 103 Å². The quantitative estimate of drug-likeness (QED) is 0.0462. The summed E-state index contributed by atoms with van der Waals surface area (Å²) >= 11 is 0. The fourth-order valence-electron chi connectivity index (χ4n) is 5.45. The van der Waals surface area contributed by atoms with Gasteiger partial charge < -0.3 is 50.2 Å². The van der Waals surface area contributed by atoms with Crippen LogP contribution in [0, 0.1) is 0 Å². The summed E-state index contributed by atoms with van der Waals surface area (Å²) in [6, 6.07) is -2.53. The standard InChI is InChI=1S/2C19H35NO5.K.3Na/c2*1-2-3-4-5-6-7-8-9-10-11-12-13-17(21)20-16(19(24)25)14-15-18(22)23;;;;/h2*16H,2-15H2,1H3,(H,20,21)(H,22,23)(H,24,25);;;;/q;;4*+1/p-4/t2*16-;;;;/m00..../s1. The number of carbonyl (C=O) groups is 6. The molecule has 0 heterocycles. The molecule has 0 radical (unpaired) electrons. The van der Waals surface area contributed by atoms with Crippen LogP contribution in [0.3, 0.4) is 0 Å². The molecule has 0 saturated heterocycles. The van der Waals surface area contributed by atoms with E-state index >= 15 is 0 Å². The molecule has 0 rings (SSSR count). The Bertz CT molecular complexity index is 864. The number of aliphatic carboxylic acids is 4. The third-order valence-electron chi connectivity index (χ3n) is 8.53. The third kappa shape index (κ3) is 51.5. The first-order valence-electron chi connectivity index (χ1n) is 19.3. The predicted octanol–water partition coefficient (Wildman–Crippen LogP) is -9.08. The fourth-order valence-corrected chi connectivity index (χ4v) is 5.45. The van der Waals surface area contributed by atoms with Gasteiger partial charge >= 0.3 is 140 Å². The Morgan fingerprint density at radius 2 is 0.611 bits per heavy atom. The summed E-state index contributed by atoms with van der Waals surface area (Å²) in [6.45, 7) is 4.43. The van der Waals surface area contributed by atoms with Gasteiger partial charge in [0.2, 0.25) is 11.8 Å². The van der Waals surface area contributed by atoms with Crippen LogP contribution in [0.25, 0.3) is 0 Å². The molecule has 0 aromatic heterocycles. The molecule has 54 heavy (non-hydrogen) atoms. The van der Waals surface area contributed by atoms with Crippen LogP contribution in [0.1, 0.15) is 194 Å². The molecule has 0 spiro atoms. The number of hydrogen-bond acceptors (Lipinski definition) is 10. The van der Waals surface area contributed by atoms with Gasteiger partial charge in [-0.2, -0.15) is 0 Å². The van der Waals surface area contributed by atoms with Crippen molar-refractivity contribution in [3.05, 3.63) is 0 Å². The maximum Gasteiger partial charge on any atom is 1.00 e. The zero-order valence-corrected chi connectivity index (χ0v) is 44.2. The van der Waals surface area contributed by atoms with Gasteiger partial charge in [0.15, 0.2) is 0 Å².